The predicted octanol–water partition coefficient (Wildman–Crippen LogP) is 0.0482. The first-order chi connectivity index (χ1) is 3.66. The SMILES string of the molecule is CC(CN)C[PH](=O)O. The van der Waals surface area contributed by atoms with Crippen molar-refractivity contribution >= 4 is 8.03 Å². The molecule has 0 aliphatic carbocycles. The van der Waals surface area contributed by atoms with Crippen LogP contribution in [0.25, 0.3) is 0 Å². The van der Waals surface area contributed by atoms with Gasteiger partial charge in [0, 0.05) is 6.16 Å². The third kappa shape index (κ3) is 4.31. The van der Waals surface area contributed by atoms with Gasteiger partial charge >= 0.3 is 0 Å². The van der Waals surface area contributed by atoms with E-state index >= 15 is 0 Å². The molecule has 0 amide bonds. The molecule has 0 aromatic carbocycles. The van der Waals surface area contributed by atoms with E-state index in [1.54, 1.807) is 0 Å². The van der Waals surface area contributed by atoms with Crippen molar-refractivity contribution in [2.75, 3.05) is 12.7 Å². The summed E-state index contributed by atoms with van der Waals surface area (Å²) in [6.07, 6.45) is 0.362. The lowest BCUT2D eigenvalue weighted by Gasteiger charge is -2.02. The Kier molecular flexibility index (Phi) is 4.15. The second-order valence-electron chi connectivity index (χ2n) is 1.94. The Hall–Kier alpha value is 0.150. The van der Waals surface area contributed by atoms with Crippen molar-refractivity contribution in [1.29, 1.82) is 0 Å². The summed E-state index contributed by atoms with van der Waals surface area (Å²) < 4.78 is 10.1. The minimum Gasteiger partial charge on any atom is -0.346 e. The minimum absolute atomic E-state index is 0.186. The fraction of sp³-hybridized carbons (Fsp3) is 1.00. The van der Waals surface area contributed by atoms with E-state index < -0.39 is 8.03 Å². The zero-order chi connectivity index (χ0) is 6.57. The van der Waals surface area contributed by atoms with Crippen molar-refractivity contribution in [2.45, 2.75) is 6.92 Å². The summed E-state index contributed by atoms with van der Waals surface area (Å²) in [4.78, 5) is 8.34. The Balaban J connectivity index is 3.24. The topological polar surface area (TPSA) is 63.3 Å². The first-order valence-corrected chi connectivity index (χ1v) is 4.15. The molecule has 0 saturated carbocycles. The molecule has 0 aromatic heterocycles. The molecular formula is C4H12NO2P. The molecule has 0 saturated heterocycles. The van der Waals surface area contributed by atoms with Gasteiger partial charge in [0.2, 0.25) is 0 Å². The summed E-state index contributed by atoms with van der Waals surface area (Å²) in [5, 5.41) is 0. The highest BCUT2D eigenvalue weighted by Crippen LogP contribution is 2.16. The molecule has 0 aliphatic heterocycles. The van der Waals surface area contributed by atoms with Crippen molar-refractivity contribution in [1.82, 2.24) is 0 Å². The summed E-state index contributed by atoms with van der Waals surface area (Å²) in [7, 11) is -2.28. The van der Waals surface area contributed by atoms with E-state index in [0.717, 1.165) is 0 Å². The smallest absolute Gasteiger partial charge is 0.189 e. The maximum absolute atomic E-state index is 10.1. The van der Waals surface area contributed by atoms with Crippen LogP contribution in [0, 0.1) is 5.92 Å². The van der Waals surface area contributed by atoms with Gasteiger partial charge in [0.25, 0.3) is 0 Å². The highest BCUT2D eigenvalue weighted by atomic mass is 31.1. The van der Waals surface area contributed by atoms with Crippen molar-refractivity contribution in [3.8, 4) is 0 Å². The Bertz CT molecular complexity index is 86.1. The Morgan fingerprint density at radius 1 is 1.88 bits per heavy atom. The van der Waals surface area contributed by atoms with Crippen LogP contribution in [0.5, 0.6) is 0 Å². The molecule has 0 spiro atoms. The summed E-state index contributed by atoms with van der Waals surface area (Å²) in [5.74, 6) is 0.186. The molecule has 0 radical (unpaired) electrons. The standard InChI is InChI=1S/C4H12NO2P/c1-4(2-5)3-8(6)7/h4,8H,2-3,5H2,1H3,(H,6,7). The van der Waals surface area contributed by atoms with E-state index in [2.05, 4.69) is 0 Å². The lowest BCUT2D eigenvalue weighted by Crippen LogP contribution is -2.12. The molecule has 50 valence electrons. The van der Waals surface area contributed by atoms with Gasteiger partial charge in [0.15, 0.2) is 8.03 Å². The van der Waals surface area contributed by atoms with Crippen LogP contribution in [0.3, 0.4) is 0 Å². The van der Waals surface area contributed by atoms with Crippen LogP contribution < -0.4 is 5.73 Å². The lowest BCUT2D eigenvalue weighted by molar-refractivity contribution is 0.490. The molecule has 2 atom stereocenters. The van der Waals surface area contributed by atoms with Gasteiger partial charge in [-0.1, -0.05) is 6.92 Å². The molecular weight excluding hydrogens is 125 g/mol. The van der Waals surface area contributed by atoms with Gasteiger partial charge in [-0.05, 0) is 12.5 Å². The van der Waals surface area contributed by atoms with Crippen LogP contribution in [0.1, 0.15) is 6.92 Å². The van der Waals surface area contributed by atoms with Crippen molar-refractivity contribution in [3.63, 3.8) is 0 Å². The molecule has 3 N–H and O–H groups in total. The Morgan fingerprint density at radius 3 is 2.50 bits per heavy atom. The normalized spacial score (nSPS) is 17.9. The van der Waals surface area contributed by atoms with Gasteiger partial charge in [0.1, 0.15) is 0 Å². The van der Waals surface area contributed by atoms with Crippen LogP contribution in [-0.2, 0) is 4.57 Å². The average Bonchev–Trinajstić information content (AvgIpc) is 1.65. The highest BCUT2D eigenvalue weighted by molar-refractivity contribution is 7.38. The summed E-state index contributed by atoms with van der Waals surface area (Å²) in [5.41, 5.74) is 5.19. The van der Waals surface area contributed by atoms with Gasteiger partial charge < -0.3 is 10.6 Å². The fourth-order valence-corrected chi connectivity index (χ4v) is 1.14. The van der Waals surface area contributed by atoms with E-state index in [9.17, 15) is 4.57 Å². The van der Waals surface area contributed by atoms with Gasteiger partial charge in [-0.25, -0.2) is 0 Å². The first kappa shape index (κ1) is 8.15. The van der Waals surface area contributed by atoms with Gasteiger partial charge in [-0.2, -0.15) is 0 Å². The molecule has 4 heteroatoms. The summed E-state index contributed by atoms with van der Waals surface area (Å²) in [6.45, 7) is 2.36. The van der Waals surface area contributed by atoms with E-state index in [4.69, 9.17) is 10.6 Å². The van der Waals surface area contributed by atoms with Crippen molar-refractivity contribution in [2.24, 2.45) is 11.7 Å². The van der Waals surface area contributed by atoms with Gasteiger partial charge in [-0.3, -0.25) is 4.57 Å². The van der Waals surface area contributed by atoms with Crippen LogP contribution in [0.2, 0.25) is 0 Å². The number of hydrogen-bond acceptors (Lipinski definition) is 2. The van der Waals surface area contributed by atoms with E-state index in [0.29, 0.717) is 12.7 Å². The molecule has 0 rings (SSSR count). The molecule has 0 bridgehead atoms. The van der Waals surface area contributed by atoms with Gasteiger partial charge in [0.05, 0.1) is 0 Å². The zero-order valence-electron chi connectivity index (χ0n) is 4.92. The predicted molar refractivity (Wildman–Crippen MR) is 34.3 cm³/mol. The lowest BCUT2D eigenvalue weighted by atomic mass is 10.2. The Labute approximate surface area is 49.8 Å². The maximum atomic E-state index is 10.1. The minimum atomic E-state index is -2.28. The third-order valence-electron chi connectivity index (χ3n) is 0.925. The number of nitrogens with two attached hydrogens (primary N) is 1. The molecule has 0 aliphatic rings. The average molecular weight is 137 g/mol. The molecule has 0 aromatic rings. The summed E-state index contributed by atoms with van der Waals surface area (Å²) >= 11 is 0. The number of hydrogen-bond donors (Lipinski definition) is 2. The van der Waals surface area contributed by atoms with Crippen LogP contribution in [-0.4, -0.2) is 17.6 Å². The second-order valence-corrected chi connectivity index (χ2v) is 3.13. The quantitative estimate of drug-likeness (QED) is 0.540. The first-order valence-electron chi connectivity index (χ1n) is 2.58. The summed E-state index contributed by atoms with van der Waals surface area (Å²) in [6, 6.07) is 0. The van der Waals surface area contributed by atoms with Crippen molar-refractivity contribution in [3.05, 3.63) is 0 Å². The van der Waals surface area contributed by atoms with Crippen LogP contribution in [0.15, 0.2) is 0 Å². The molecule has 8 heavy (non-hydrogen) atoms. The molecule has 3 nitrogen and oxygen atoms in total. The molecule has 0 fully saturated rings. The van der Waals surface area contributed by atoms with Crippen LogP contribution in [0.4, 0.5) is 0 Å². The second kappa shape index (κ2) is 4.07. The maximum Gasteiger partial charge on any atom is 0.189 e. The largest absolute Gasteiger partial charge is 0.346 e. The monoisotopic (exact) mass is 137 g/mol. The van der Waals surface area contributed by atoms with E-state index in [-0.39, 0.29) is 5.92 Å². The highest BCUT2D eigenvalue weighted by Gasteiger charge is 2.00. The molecule has 2 unspecified atom stereocenters. The van der Waals surface area contributed by atoms with E-state index in [1.807, 2.05) is 6.92 Å². The van der Waals surface area contributed by atoms with Gasteiger partial charge in [-0.15, -0.1) is 0 Å². The van der Waals surface area contributed by atoms with E-state index in [1.165, 1.54) is 0 Å². The number of rotatable bonds is 3. The fourth-order valence-electron chi connectivity index (χ4n) is 0.381. The third-order valence-corrected chi connectivity index (χ3v) is 1.97. The van der Waals surface area contributed by atoms with Crippen LogP contribution >= 0.6 is 8.03 Å². The Morgan fingerprint density at radius 2 is 2.38 bits per heavy atom. The molecule has 0 heterocycles. The van der Waals surface area contributed by atoms with Crippen molar-refractivity contribution < 1.29 is 9.46 Å². The zero-order valence-corrected chi connectivity index (χ0v) is 5.92.